The second-order valence-electron chi connectivity index (χ2n) is 5.30. The molecule has 1 aliphatic heterocycles. The molecule has 0 aromatic heterocycles. The molecule has 0 unspecified atom stereocenters. The predicted molar refractivity (Wildman–Crippen MR) is 69.5 cm³/mol. The lowest BCUT2D eigenvalue weighted by atomic mass is 9.96. The van der Waals surface area contributed by atoms with Gasteiger partial charge in [0.2, 0.25) is 15.9 Å². The normalized spacial score (nSPS) is 25.8. The van der Waals surface area contributed by atoms with Gasteiger partial charge in [-0.15, -0.1) is 0 Å². The van der Waals surface area contributed by atoms with Crippen molar-refractivity contribution in [3.05, 3.63) is 0 Å². The molecule has 1 aliphatic carbocycles. The summed E-state index contributed by atoms with van der Waals surface area (Å²) in [6, 6.07) is 0.284. The Kier molecular flexibility index (Phi) is 4.27. The largest absolute Gasteiger partial charge is 0.339 e. The summed E-state index contributed by atoms with van der Waals surface area (Å²) >= 11 is 0. The lowest BCUT2D eigenvalue weighted by molar-refractivity contribution is -0.130. The highest BCUT2D eigenvalue weighted by Gasteiger charge is 2.36. The van der Waals surface area contributed by atoms with Crippen LogP contribution >= 0.6 is 0 Å². The molecule has 0 radical (unpaired) electrons. The average Bonchev–Trinajstić information content (AvgIpc) is 2.98. The minimum Gasteiger partial charge on any atom is -0.339 e. The van der Waals surface area contributed by atoms with Crippen LogP contribution in [0.1, 0.15) is 38.5 Å². The summed E-state index contributed by atoms with van der Waals surface area (Å²) in [7, 11) is -2.10. The zero-order valence-electron chi connectivity index (χ0n) is 10.9. The van der Waals surface area contributed by atoms with Crippen molar-refractivity contribution in [1.29, 1.82) is 0 Å². The minimum atomic E-state index is -3.44. The van der Waals surface area contributed by atoms with E-state index in [9.17, 15) is 13.2 Å². The van der Waals surface area contributed by atoms with Gasteiger partial charge in [-0.1, -0.05) is 12.8 Å². The van der Waals surface area contributed by atoms with Crippen molar-refractivity contribution < 1.29 is 13.2 Å². The molecule has 1 atom stereocenters. The SMILES string of the molecule is CNS(=O)(=O)CC(=O)N1CCC[C@H]1C1CCCC1. The maximum Gasteiger partial charge on any atom is 0.239 e. The Bertz CT molecular complexity index is 402. The molecule has 0 aromatic carbocycles. The zero-order valence-corrected chi connectivity index (χ0v) is 11.7. The molecule has 1 N–H and O–H groups in total. The summed E-state index contributed by atoms with van der Waals surface area (Å²) in [5, 5.41) is 0. The van der Waals surface area contributed by atoms with E-state index in [-0.39, 0.29) is 11.9 Å². The number of rotatable bonds is 4. The summed E-state index contributed by atoms with van der Waals surface area (Å²) in [6.45, 7) is 0.721. The number of likely N-dealkylation sites (tertiary alicyclic amines) is 1. The highest BCUT2D eigenvalue weighted by Crippen LogP contribution is 2.35. The molecule has 1 amide bonds. The van der Waals surface area contributed by atoms with Gasteiger partial charge in [0, 0.05) is 12.6 Å². The molecule has 6 heteroatoms. The third-order valence-corrected chi connectivity index (χ3v) is 5.44. The Balaban J connectivity index is 2.00. The number of nitrogens with one attached hydrogen (secondary N) is 1. The fourth-order valence-corrected chi connectivity index (χ4v) is 3.89. The van der Waals surface area contributed by atoms with Crippen molar-refractivity contribution in [3.8, 4) is 0 Å². The van der Waals surface area contributed by atoms with Crippen LogP contribution in [0.5, 0.6) is 0 Å². The van der Waals surface area contributed by atoms with E-state index in [1.165, 1.54) is 32.7 Å². The Hall–Kier alpha value is -0.620. The Morgan fingerprint density at radius 2 is 1.89 bits per heavy atom. The van der Waals surface area contributed by atoms with Crippen LogP contribution in [0.25, 0.3) is 0 Å². The van der Waals surface area contributed by atoms with Gasteiger partial charge in [0.05, 0.1) is 0 Å². The van der Waals surface area contributed by atoms with E-state index in [1.807, 2.05) is 4.90 Å². The molecule has 1 saturated carbocycles. The second kappa shape index (κ2) is 5.57. The number of carbonyl (C=O) groups excluding carboxylic acids is 1. The highest BCUT2D eigenvalue weighted by atomic mass is 32.2. The number of sulfonamides is 1. The second-order valence-corrected chi connectivity index (χ2v) is 7.23. The molecular formula is C12H22N2O3S. The van der Waals surface area contributed by atoms with Crippen molar-refractivity contribution in [2.24, 2.45) is 5.92 Å². The standard InChI is InChI=1S/C12H22N2O3S/c1-13-18(16,17)9-12(15)14-8-4-7-11(14)10-5-2-3-6-10/h10-11,13H,2-9H2,1H3/t11-/m0/s1. The number of carbonyl (C=O) groups is 1. The van der Waals surface area contributed by atoms with Crippen molar-refractivity contribution >= 4 is 15.9 Å². The summed E-state index contributed by atoms with van der Waals surface area (Å²) in [6.07, 6.45) is 6.92. The smallest absolute Gasteiger partial charge is 0.239 e. The number of hydrogen-bond donors (Lipinski definition) is 1. The quantitative estimate of drug-likeness (QED) is 0.821. The van der Waals surface area contributed by atoms with Gasteiger partial charge >= 0.3 is 0 Å². The van der Waals surface area contributed by atoms with Gasteiger partial charge in [-0.2, -0.15) is 0 Å². The van der Waals surface area contributed by atoms with Gasteiger partial charge < -0.3 is 4.90 Å². The summed E-state index contributed by atoms with van der Waals surface area (Å²) < 4.78 is 25.1. The predicted octanol–water partition coefficient (Wildman–Crippen LogP) is 0.717. The minimum absolute atomic E-state index is 0.237. The van der Waals surface area contributed by atoms with Gasteiger partial charge in [0.25, 0.3) is 0 Å². The van der Waals surface area contributed by atoms with Crippen LogP contribution in [0, 0.1) is 5.92 Å². The Morgan fingerprint density at radius 1 is 1.22 bits per heavy atom. The maximum atomic E-state index is 12.1. The first-order chi connectivity index (χ1) is 8.53. The van der Waals surface area contributed by atoms with Gasteiger partial charge in [0.15, 0.2) is 0 Å². The lowest BCUT2D eigenvalue weighted by Crippen LogP contribution is -2.43. The molecule has 1 heterocycles. The van der Waals surface area contributed by atoms with Crippen LogP contribution in [0.3, 0.4) is 0 Å². The lowest BCUT2D eigenvalue weighted by Gasteiger charge is -2.29. The van der Waals surface area contributed by atoms with Crippen LogP contribution in [0.4, 0.5) is 0 Å². The molecule has 0 bridgehead atoms. The van der Waals surface area contributed by atoms with Crippen LogP contribution in [0.2, 0.25) is 0 Å². The van der Waals surface area contributed by atoms with Gasteiger partial charge in [-0.25, -0.2) is 13.1 Å². The topological polar surface area (TPSA) is 66.5 Å². The van der Waals surface area contributed by atoms with Crippen molar-refractivity contribution in [2.75, 3.05) is 19.3 Å². The first-order valence-electron chi connectivity index (χ1n) is 6.74. The number of nitrogens with zero attached hydrogens (tertiary/aromatic N) is 1. The van der Waals surface area contributed by atoms with E-state index in [0.717, 1.165) is 19.4 Å². The molecule has 0 spiro atoms. The molecule has 104 valence electrons. The van der Waals surface area contributed by atoms with Crippen molar-refractivity contribution in [1.82, 2.24) is 9.62 Å². The van der Waals surface area contributed by atoms with Crippen LogP contribution < -0.4 is 4.72 Å². The molecule has 1 saturated heterocycles. The monoisotopic (exact) mass is 274 g/mol. The first-order valence-corrected chi connectivity index (χ1v) is 8.39. The summed E-state index contributed by atoms with van der Waals surface area (Å²) in [5.74, 6) is -0.0558. The number of hydrogen-bond acceptors (Lipinski definition) is 3. The molecule has 5 nitrogen and oxygen atoms in total. The molecule has 0 aromatic rings. The summed E-state index contributed by atoms with van der Waals surface area (Å²) in [4.78, 5) is 13.9. The summed E-state index contributed by atoms with van der Waals surface area (Å²) in [5.41, 5.74) is 0. The zero-order chi connectivity index (χ0) is 13.2. The fraction of sp³-hybridized carbons (Fsp3) is 0.917. The van der Waals surface area contributed by atoms with E-state index in [2.05, 4.69) is 4.72 Å². The van der Waals surface area contributed by atoms with Crippen molar-refractivity contribution in [3.63, 3.8) is 0 Å². The van der Waals surface area contributed by atoms with Crippen LogP contribution in [0.15, 0.2) is 0 Å². The van der Waals surface area contributed by atoms with Gasteiger partial charge in [-0.05, 0) is 38.6 Å². The van der Waals surface area contributed by atoms with Crippen LogP contribution in [-0.2, 0) is 14.8 Å². The van der Waals surface area contributed by atoms with E-state index in [4.69, 9.17) is 0 Å². The molecular weight excluding hydrogens is 252 g/mol. The molecule has 2 rings (SSSR count). The fourth-order valence-electron chi connectivity index (χ4n) is 3.25. The van der Waals surface area contributed by atoms with E-state index in [1.54, 1.807) is 0 Å². The first kappa shape index (κ1) is 13.8. The Labute approximate surface area is 109 Å². The highest BCUT2D eigenvalue weighted by molar-refractivity contribution is 7.90. The third kappa shape index (κ3) is 3.03. The third-order valence-electron chi connectivity index (χ3n) is 4.19. The Morgan fingerprint density at radius 3 is 2.50 bits per heavy atom. The molecule has 2 aliphatic rings. The van der Waals surface area contributed by atoms with Crippen LogP contribution in [-0.4, -0.2) is 44.6 Å². The van der Waals surface area contributed by atoms with Gasteiger partial charge in [-0.3, -0.25) is 4.79 Å². The van der Waals surface area contributed by atoms with E-state index in [0.29, 0.717) is 5.92 Å². The number of amides is 1. The molecule has 2 fully saturated rings. The maximum absolute atomic E-state index is 12.1. The average molecular weight is 274 g/mol. The van der Waals surface area contributed by atoms with E-state index < -0.39 is 15.8 Å². The molecule has 18 heavy (non-hydrogen) atoms. The van der Waals surface area contributed by atoms with E-state index >= 15 is 0 Å². The van der Waals surface area contributed by atoms with Crippen molar-refractivity contribution in [2.45, 2.75) is 44.6 Å². The van der Waals surface area contributed by atoms with Gasteiger partial charge in [0.1, 0.15) is 5.75 Å².